The zero-order valence-electron chi connectivity index (χ0n) is 30.6. The Morgan fingerprint density at radius 1 is 0.733 bits per heavy atom. The van der Waals surface area contributed by atoms with E-state index in [1.807, 2.05) is 69.2 Å². The van der Waals surface area contributed by atoms with E-state index in [9.17, 15) is 14.7 Å². The number of rotatable bonds is 15. The van der Waals surface area contributed by atoms with Crippen LogP contribution in [-0.4, -0.2) is 35.6 Å². The second-order valence-electron chi connectivity index (χ2n) is 13.6. The molecule has 2 aromatic rings. The standard InChI is InChI=1S/C38H60O7/c1-16-30(39)23(9)36-27(13)33(41)25(11)34(45-36)21(7)18-22(8)35(42-19(3)4)28(14)38(43-20(5)6)29(15)37-26(12)32(40)24(10)31(17-2)44-37/h18-21,23,28-30,35,38-39H,16-17H2,1-15H3/b22-18+/t21-,23?,28-,29-,30-,35-,38+/m0/s1. The molecule has 7 atom stereocenters. The van der Waals surface area contributed by atoms with Crippen LogP contribution in [0.2, 0.25) is 0 Å². The zero-order valence-corrected chi connectivity index (χ0v) is 30.6. The van der Waals surface area contributed by atoms with Gasteiger partial charge >= 0.3 is 0 Å². The van der Waals surface area contributed by atoms with Gasteiger partial charge in [-0.1, -0.05) is 47.6 Å². The molecule has 0 aliphatic rings. The Morgan fingerprint density at radius 2 is 1.22 bits per heavy atom. The van der Waals surface area contributed by atoms with Crippen molar-refractivity contribution >= 4 is 0 Å². The largest absolute Gasteiger partial charge is 0.465 e. The normalized spacial score (nSPS) is 17.3. The number of aliphatic hydroxyl groups is 1. The van der Waals surface area contributed by atoms with Crippen LogP contribution < -0.4 is 10.9 Å². The quantitative estimate of drug-likeness (QED) is 0.198. The molecule has 2 rings (SSSR count). The molecule has 0 bridgehead atoms. The van der Waals surface area contributed by atoms with Crippen molar-refractivity contribution < 1.29 is 23.4 Å². The van der Waals surface area contributed by atoms with Gasteiger partial charge in [0.1, 0.15) is 23.0 Å². The van der Waals surface area contributed by atoms with Crippen LogP contribution in [0.15, 0.2) is 30.1 Å². The van der Waals surface area contributed by atoms with E-state index in [4.69, 9.17) is 18.3 Å². The maximum atomic E-state index is 13.3. The number of aryl methyl sites for hydroxylation is 1. The Kier molecular flexibility index (Phi) is 14.1. The maximum Gasteiger partial charge on any atom is 0.191 e. The molecule has 7 nitrogen and oxygen atoms in total. The minimum Gasteiger partial charge on any atom is -0.465 e. The van der Waals surface area contributed by atoms with Crippen LogP contribution in [0.25, 0.3) is 0 Å². The molecule has 1 N–H and O–H groups in total. The number of allylic oxidation sites excluding steroid dienone is 1. The van der Waals surface area contributed by atoms with Gasteiger partial charge in [-0.05, 0) is 74.3 Å². The molecule has 0 saturated heterocycles. The van der Waals surface area contributed by atoms with Crippen LogP contribution in [0, 0.1) is 33.6 Å². The van der Waals surface area contributed by atoms with Crippen molar-refractivity contribution in [1.82, 2.24) is 0 Å². The Balaban J connectivity index is 2.64. The summed E-state index contributed by atoms with van der Waals surface area (Å²) in [6.07, 6.45) is 1.96. The van der Waals surface area contributed by atoms with Crippen molar-refractivity contribution in [2.45, 2.75) is 165 Å². The summed E-state index contributed by atoms with van der Waals surface area (Å²) in [6, 6.07) is 0. The van der Waals surface area contributed by atoms with Gasteiger partial charge in [-0.3, -0.25) is 9.59 Å². The summed E-state index contributed by atoms with van der Waals surface area (Å²) >= 11 is 0. The summed E-state index contributed by atoms with van der Waals surface area (Å²) in [5.74, 6) is 1.65. The number of aliphatic hydroxyl groups excluding tert-OH is 1. The Labute approximate surface area is 271 Å². The molecule has 45 heavy (non-hydrogen) atoms. The Morgan fingerprint density at radius 3 is 1.71 bits per heavy atom. The van der Waals surface area contributed by atoms with Crippen molar-refractivity contribution in [3.05, 3.63) is 77.4 Å². The van der Waals surface area contributed by atoms with Crippen LogP contribution in [0.1, 0.15) is 146 Å². The fourth-order valence-corrected chi connectivity index (χ4v) is 6.59. The highest BCUT2D eigenvalue weighted by molar-refractivity contribution is 5.32. The van der Waals surface area contributed by atoms with Crippen molar-refractivity contribution in [1.29, 1.82) is 0 Å². The van der Waals surface area contributed by atoms with Gasteiger partial charge in [-0.25, -0.2) is 0 Å². The SMILES string of the molecule is CCc1oc([C@H](C)[C@H](OC(C)C)[C@@H](C)[C@@H](OC(C)C)/C(C)=C/[C@H](C)c2oc(C(C)[C@@H](O)CC)c(C)c(=O)c2C)c(C)c(=O)c1C. The Bertz CT molecular complexity index is 1430. The topological polar surface area (TPSA) is 99.1 Å². The summed E-state index contributed by atoms with van der Waals surface area (Å²) in [6.45, 7) is 29.4. The fourth-order valence-electron chi connectivity index (χ4n) is 6.59. The average Bonchev–Trinajstić information content (AvgIpc) is 2.98. The molecule has 1 unspecified atom stereocenters. The van der Waals surface area contributed by atoms with Gasteiger partial charge < -0.3 is 23.4 Å². The van der Waals surface area contributed by atoms with Crippen molar-refractivity contribution in [3.8, 4) is 0 Å². The molecule has 0 aliphatic heterocycles. The third-order valence-corrected chi connectivity index (χ3v) is 9.20. The van der Waals surface area contributed by atoms with Crippen LogP contribution in [0.5, 0.6) is 0 Å². The first-order valence-corrected chi connectivity index (χ1v) is 16.8. The lowest BCUT2D eigenvalue weighted by Gasteiger charge is -2.37. The zero-order chi connectivity index (χ0) is 34.5. The van der Waals surface area contributed by atoms with Gasteiger partial charge in [-0.2, -0.15) is 0 Å². The molecule has 7 heteroatoms. The minimum absolute atomic E-state index is 0.0193. The number of ether oxygens (including phenoxy) is 2. The van der Waals surface area contributed by atoms with E-state index >= 15 is 0 Å². The van der Waals surface area contributed by atoms with Gasteiger partial charge in [0.05, 0.1) is 30.5 Å². The first-order chi connectivity index (χ1) is 20.9. The highest BCUT2D eigenvalue weighted by Crippen LogP contribution is 2.36. The van der Waals surface area contributed by atoms with Crippen LogP contribution in [0.4, 0.5) is 0 Å². The van der Waals surface area contributed by atoms with Crippen LogP contribution in [-0.2, 0) is 15.9 Å². The predicted molar refractivity (Wildman–Crippen MR) is 183 cm³/mol. The van der Waals surface area contributed by atoms with Gasteiger partial charge in [0.2, 0.25) is 0 Å². The molecule has 0 aliphatic carbocycles. The summed E-state index contributed by atoms with van der Waals surface area (Å²) < 4.78 is 26.0. The summed E-state index contributed by atoms with van der Waals surface area (Å²) in [4.78, 5) is 26.4. The lowest BCUT2D eigenvalue weighted by atomic mass is 9.83. The van der Waals surface area contributed by atoms with Gasteiger partial charge in [0.15, 0.2) is 10.9 Å². The second kappa shape index (κ2) is 16.4. The fraction of sp³-hybridized carbons (Fsp3) is 0.684. The first kappa shape index (κ1) is 38.7. The molecule has 254 valence electrons. The van der Waals surface area contributed by atoms with E-state index in [2.05, 4.69) is 26.8 Å². The summed E-state index contributed by atoms with van der Waals surface area (Å²) in [7, 11) is 0. The smallest absolute Gasteiger partial charge is 0.191 e. The van der Waals surface area contributed by atoms with Gasteiger partial charge in [0, 0.05) is 52.3 Å². The molecular weight excluding hydrogens is 568 g/mol. The molecule has 0 aromatic carbocycles. The maximum absolute atomic E-state index is 13.3. The van der Waals surface area contributed by atoms with Gasteiger partial charge in [0.25, 0.3) is 0 Å². The van der Waals surface area contributed by atoms with Crippen LogP contribution in [0.3, 0.4) is 0 Å². The lowest BCUT2D eigenvalue weighted by Crippen LogP contribution is -2.40. The highest BCUT2D eigenvalue weighted by Gasteiger charge is 2.37. The Hall–Kier alpha value is -2.48. The minimum atomic E-state index is -0.602. The molecule has 0 amide bonds. The molecule has 2 aromatic heterocycles. The highest BCUT2D eigenvalue weighted by atomic mass is 16.5. The number of hydrogen-bond acceptors (Lipinski definition) is 7. The molecular formula is C38H60O7. The van der Waals surface area contributed by atoms with E-state index in [-0.39, 0.29) is 58.9 Å². The van der Waals surface area contributed by atoms with E-state index < -0.39 is 6.10 Å². The first-order valence-electron chi connectivity index (χ1n) is 16.8. The third kappa shape index (κ3) is 8.87. The van der Waals surface area contributed by atoms with Crippen molar-refractivity contribution in [2.24, 2.45) is 5.92 Å². The van der Waals surface area contributed by atoms with Gasteiger partial charge in [-0.15, -0.1) is 0 Å². The molecule has 2 heterocycles. The summed E-state index contributed by atoms with van der Waals surface area (Å²) in [5.41, 5.74) is 3.36. The van der Waals surface area contributed by atoms with E-state index in [0.717, 1.165) is 5.57 Å². The second-order valence-corrected chi connectivity index (χ2v) is 13.6. The lowest BCUT2D eigenvalue weighted by molar-refractivity contribution is -0.0899. The molecule has 0 radical (unpaired) electrons. The van der Waals surface area contributed by atoms with E-state index in [0.29, 0.717) is 58.1 Å². The van der Waals surface area contributed by atoms with E-state index in [1.54, 1.807) is 13.8 Å². The van der Waals surface area contributed by atoms with E-state index in [1.165, 1.54) is 0 Å². The molecule has 0 spiro atoms. The average molecular weight is 629 g/mol. The number of hydrogen-bond donors (Lipinski definition) is 1. The van der Waals surface area contributed by atoms with Crippen LogP contribution >= 0.6 is 0 Å². The molecule has 0 saturated carbocycles. The molecule has 0 fully saturated rings. The third-order valence-electron chi connectivity index (χ3n) is 9.20. The predicted octanol–water partition coefficient (Wildman–Crippen LogP) is 8.34. The van der Waals surface area contributed by atoms with Crippen molar-refractivity contribution in [2.75, 3.05) is 0 Å². The monoisotopic (exact) mass is 628 g/mol. The van der Waals surface area contributed by atoms with Crippen molar-refractivity contribution in [3.63, 3.8) is 0 Å². The summed E-state index contributed by atoms with van der Waals surface area (Å²) in [5, 5.41) is 10.5.